The Morgan fingerprint density at radius 2 is 2.14 bits per heavy atom. The Kier molecular flexibility index (Phi) is 4.52. The van der Waals surface area contributed by atoms with Gasteiger partial charge in [0.2, 0.25) is 0 Å². The van der Waals surface area contributed by atoms with Crippen LogP contribution in [0.1, 0.15) is 62.5 Å². The van der Waals surface area contributed by atoms with E-state index in [1.165, 1.54) is 12.8 Å². The van der Waals surface area contributed by atoms with Crippen LogP contribution in [0.25, 0.3) is 0 Å². The number of nitrogens with zero attached hydrogens (tertiary/aromatic N) is 2. The van der Waals surface area contributed by atoms with E-state index in [0.717, 1.165) is 19.3 Å². The van der Waals surface area contributed by atoms with Crippen molar-refractivity contribution in [1.82, 2.24) is 15.1 Å². The Morgan fingerprint density at radius 3 is 2.82 bits per heavy atom. The van der Waals surface area contributed by atoms with Crippen LogP contribution in [0.2, 0.25) is 0 Å². The largest absolute Gasteiger partial charge is 0.396 e. The van der Waals surface area contributed by atoms with Crippen LogP contribution in [0.15, 0.2) is 12.3 Å². The molecule has 22 heavy (non-hydrogen) atoms. The van der Waals surface area contributed by atoms with Gasteiger partial charge in [-0.15, -0.1) is 0 Å². The minimum atomic E-state index is -0.0413. The van der Waals surface area contributed by atoms with Crippen molar-refractivity contribution >= 4 is 5.91 Å². The number of carbonyl (C=O) groups excluding carboxylic acids is 1. The number of hydrogen-bond acceptors (Lipinski definition) is 3. The summed E-state index contributed by atoms with van der Waals surface area (Å²) in [6.07, 6.45) is 7.17. The molecule has 122 valence electrons. The van der Waals surface area contributed by atoms with Crippen molar-refractivity contribution in [3.8, 4) is 0 Å². The maximum atomic E-state index is 12.7. The Morgan fingerprint density at radius 1 is 1.41 bits per heavy atom. The molecule has 1 amide bonds. The molecular weight excluding hydrogens is 278 g/mol. The van der Waals surface area contributed by atoms with Crippen LogP contribution in [0.3, 0.4) is 0 Å². The quantitative estimate of drug-likeness (QED) is 0.848. The third-order valence-corrected chi connectivity index (χ3v) is 5.79. The summed E-state index contributed by atoms with van der Waals surface area (Å²) < 4.78 is 1.86. The first-order chi connectivity index (χ1) is 10.7. The molecule has 0 saturated heterocycles. The number of carbonyl (C=O) groups is 1. The molecule has 0 aliphatic heterocycles. The number of hydrogen-bond donors (Lipinski definition) is 2. The van der Waals surface area contributed by atoms with Gasteiger partial charge in [0, 0.05) is 24.8 Å². The van der Waals surface area contributed by atoms with Gasteiger partial charge in [0.1, 0.15) is 5.69 Å². The number of aliphatic hydroxyl groups is 1. The van der Waals surface area contributed by atoms with Crippen LogP contribution in [-0.2, 0) is 0 Å². The van der Waals surface area contributed by atoms with Crippen LogP contribution < -0.4 is 5.32 Å². The van der Waals surface area contributed by atoms with Gasteiger partial charge in [-0.2, -0.15) is 5.10 Å². The van der Waals surface area contributed by atoms with Gasteiger partial charge in [-0.1, -0.05) is 13.8 Å². The molecule has 4 unspecified atom stereocenters. The van der Waals surface area contributed by atoms with E-state index in [1.54, 1.807) is 12.3 Å². The standard InChI is InChI=1S/C17H27N3O2/c1-3-13(4-2)20-15(7-8-18-20)17(22)19-16-12-6-5-11(9-12)14(16)10-21/h7-8,11-14,16,21H,3-6,9-10H2,1-2H3,(H,19,22). The van der Waals surface area contributed by atoms with Crippen molar-refractivity contribution in [2.45, 2.75) is 58.0 Å². The molecule has 2 aliphatic rings. The van der Waals surface area contributed by atoms with Crippen LogP contribution in [-0.4, -0.2) is 33.4 Å². The van der Waals surface area contributed by atoms with Gasteiger partial charge in [0.05, 0.1) is 6.04 Å². The molecule has 1 aromatic heterocycles. The third kappa shape index (κ3) is 2.56. The van der Waals surface area contributed by atoms with Gasteiger partial charge in [-0.05, 0) is 50.0 Å². The molecular formula is C17H27N3O2. The average Bonchev–Trinajstić information content (AvgIpc) is 3.23. The fourth-order valence-corrected chi connectivity index (χ4v) is 4.54. The molecule has 2 saturated carbocycles. The van der Waals surface area contributed by atoms with Crippen molar-refractivity contribution in [3.05, 3.63) is 18.0 Å². The summed E-state index contributed by atoms with van der Waals surface area (Å²) in [7, 11) is 0. The molecule has 2 fully saturated rings. The summed E-state index contributed by atoms with van der Waals surface area (Å²) >= 11 is 0. The minimum absolute atomic E-state index is 0.0413. The van der Waals surface area contributed by atoms with Gasteiger partial charge in [0.15, 0.2) is 0 Å². The van der Waals surface area contributed by atoms with Crippen LogP contribution in [0.4, 0.5) is 0 Å². The first-order valence-electron chi connectivity index (χ1n) is 8.64. The Balaban J connectivity index is 1.74. The van der Waals surface area contributed by atoms with Gasteiger partial charge in [0.25, 0.3) is 5.91 Å². The van der Waals surface area contributed by atoms with E-state index < -0.39 is 0 Å². The van der Waals surface area contributed by atoms with E-state index in [9.17, 15) is 9.90 Å². The van der Waals surface area contributed by atoms with E-state index in [-0.39, 0.29) is 30.5 Å². The highest BCUT2D eigenvalue weighted by Gasteiger charge is 2.47. The van der Waals surface area contributed by atoms with Crippen molar-refractivity contribution in [2.75, 3.05) is 6.61 Å². The second kappa shape index (κ2) is 6.41. The number of aromatic nitrogens is 2. The smallest absolute Gasteiger partial charge is 0.269 e. The zero-order valence-electron chi connectivity index (χ0n) is 13.5. The molecule has 2 N–H and O–H groups in total. The highest BCUT2D eigenvalue weighted by Crippen LogP contribution is 2.48. The lowest BCUT2D eigenvalue weighted by molar-refractivity contribution is 0.0848. The summed E-state index contributed by atoms with van der Waals surface area (Å²) in [6, 6.07) is 2.19. The van der Waals surface area contributed by atoms with Crippen LogP contribution in [0.5, 0.6) is 0 Å². The second-order valence-electron chi connectivity index (χ2n) is 6.81. The zero-order valence-corrected chi connectivity index (χ0v) is 13.5. The highest BCUT2D eigenvalue weighted by molar-refractivity contribution is 5.92. The van der Waals surface area contributed by atoms with Crippen molar-refractivity contribution < 1.29 is 9.90 Å². The predicted molar refractivity (Wildman–Crippen MR) is 84.5 cm³/mol. The Hall–Kier alpha value is -1.36. The van der Waals surface area contributed by atoms with Gasteiger partial charge in [-0.25, -0.2) is 0 Å². The third-order valence-electron chi connectivity index (χ3n) is 5.79. The SMILES string of the molecule is CCC(CC)n1nccc1C(=O)NC1C2CCC(C2)C1CO. The first-order valence-corrected chi connectivity index (χ1v) is 8.64. The minimum Gasteiger partial charge on any atom is -0.396 e. The molecule has 5 heteroatoms. The van der Waals surface area contributed by atoms with E-state index in [0.29, 0.717) is 17.5 Å². The number of aliphatic hydroxyl groups excluding tert-OH is 1. The highest BCUT2D eigenvalue weighted by atomic mass is 16.3. The Bertz CT molecular complexity index is 524. The summed E-state index contributed by atoms with van der Waals surface area (Å²) in [5, 5.41) is 17.2. The first kappa shape index (κ1) is 15.5. The van der Waals surface area contributed by atoms with E-state index in [1.807, 2.05) is 4.68 Å². The fraction of sp³-hybridized carbons (Fsp3) is 0.765. The van der Waals surface area contributed by atoms with Gasteiger partial charge < -0.3 is 10.4 Å². The lowest BCUT2D eigenvalue weighted by Crippen LogP contribution is -2.45. The maximum absolute atomic E-state index is 12.7. The lowest BCUT2D eigenvalue weighted by atomic mass is 9.85. The number of fused-ring (bicyclic) bond motifs is 2. The Labute approximate surface area is 132 Å². The number of nitrogens with one attached hydrogen (secondary N) is 1. The average molecular weight is 305 g/mol. The molecule has 0 radical (unpaired) electrons. The topological polar surface area (TPSA) is 67.2 Å². The molecule has 3 rings (SSSR count). The van der Waals surface area contributed by atoms with E-state index >= 15 is 0 Å². The predicted octanol–water partition coefficient (Wildman–Crippen LogP) is 2.38. The lowest BCUT2D eigenvalue weighted by Gasteiger charge is -2.30. The molecule has 1 heterocycles. The molecule has 0 aromatic carbocycles. The molecule has 0 spiro atoms. The molecule has 5 nitrogen and oxygen atoms in total. The van der Waals surface area contributed by atoms with Crippen molar-refractivity contribution in [3.63, 3.8) is 0 Å². The summed E-state index contributed by atoms with van der Waals surface area (Å²) in [6.45, 7) is 4.42. The van der Waals surface area contributed by atoms with Gasteiger partial charge >= 0.3 is 0 Å². The molecule has 4 atom stereocenters. The van der Waals surface area contributed by atoms with Gasteiger partial charge in [-0.3, -0.25) is 9.48 Å². The molecule has 2 aliphatic carbocycles. The molecule has 2 bridgehead atoms. The van der Waals surface area contributed by atoms with E-state index in [2.05, 4.69) is 24.3 Å². The van der Waals surface area contributed by atoms with E-state index in [4.69, 9.17) is 0 Å². The summed E-state index contributed by atoms with van der Waals surface area (Å²) in [5.41, 5.74) is 0.646. The second-order valence-corrected chi connectivity index (χ2v) is 6.81. The summed E-state index contributed by atoms with van der Waals surface area (Å²) in [4.78, 5) is 12.7. The maximum Gasteiger partial charge on any atom is 0.269 e. The number of rotatable bonds is 6. The van der Waals surface area contributed by atoms with Crippen molar-refractivity contribution in [2.24, 2.45) is 17.8 Å². The van der Waals surface area contributed by atoms with Crippen molar-refractivity contribution in [1.29, 1.82) is 0 Å². The number of amides is 1. The van der Waals surface area contributed by atoms with Crippen LogP contribution >= 0.6 is 0 Å². The monoisotopic (exact) mass is 305 g/mol. The molecule has 1 aromatic rings. The fourth-order valence-electron chi connectivity index (χ4n) is 4.54. The normalized spacial score (nSPS) is 30.2. The zero-order chi connectivity index (χ0) is 15.7. The summed E-state index contributed by atoms with van der Waals surface area (Å²) in [5.74, 6) is 1.31. The van der Waals surface area contributed by atoms with Crippen LogP contribution in [0, 0.1) is 17.8 Å².